The summed E-state index contributed by atoms with van der Waals surface area (Å²) in [7, 11) is 0. The van der Waals surface area contributed by atoms with Crippen LogP contribution in [0.3, 0.4) is 0 Å². The fraction of sp³-hybridized carbons (Fsp3) is 0.469. The fourth-order valence-corrected chi connectivity index (χ4v) is 6.35. The van der Waals surface area contributed by atoms with Gasteiger partial charge >= 0.3 is 0 Å². The molecule has 1 unspecified atom stereocenters. The van der Waals surface area contributed by atoms with E-state index in [0.717, 1.165) is 35.5 Å². The number of rotatable bonds is 8. The maximum atomic E-state index is 6.31. The Labute approximate surface area is 215 Å². The molecule has 4 aromatic rings. The van der Waals surface area contributed by atoms with E-state index in [2.05, 4.69) is 70.5 Å². The number of aryl methyl sites for hydroxylation is 1. The quantitative estimate of drug-likeness (QED) is 0.282. The lowest BCUT2D eigenvalue weighted by Gasteiger charge is -2.23. The summed E-state index contributed by atoms with van der Waals surface area (Å²) >= 11 is 0. The van der Waals surface area contributed by atoms with E-state index >= 15 is 0 Å². The Morgan fingerprint density at radius 1 is 0.889 bits per heavy atom. The maximum absolute atomic E-state index is 6.31. The molecule has 2 aliphatic rings. The highest BCUT2D eigenvalue weighted by Gasteiger charge is 2.17. The largest absolute Gasteiger partial charge is 0.486 e. The zero-order chi connectivity index (χ0) is 24.2. The van der Waals surface area contributed by atoms with Crippen molar-refractivity contribution in [2.24, 2.45) is 5.92 Å². The number of hydrogen-bond donors (Lipinski definition) is 1. The number of nitrogens with one attached hydrogen (secondary N) is 1. The van der Waals surface area contributed by atoms with Crippen molar-refractivity contribution >= 4 is 21.8 Å². The Hall–Kier alpha value is -2.85. The highest BCUT2D eigenvalue weighted by molar-refractivity contribution is 5.95. The number of nitrogens with zero attached hydrogens (tertiary/aromatic N) is 2. The van der Waals surface area contributed by atoms with Crippen LogP contribution in [0, 0.1) is 5.92 Å². The number of aromatic nitrogens is 2. The van der Waals surface area contributed by atoms with Gasteiger partial charge in [-0.05, 0) is 104 Å². The molecule has 1 saturated heterocycles. The Bertz CT molecular complexity index is 1280. The van der Waals surface area contributed by atoms with Crippen LogP contribution in [0.4, 0.5) is 0 Å². The zero-order valence-electron chi connectivity index (χ0n) is 21.4. The van der Waals surface area contributed by atoms with E-state index < -0.39 is 0 Å². The van der Waals surface area contributed by atoms with Crippen LogP contribution in [-0.4, -0.2) is 22.6 Å². The Balaban J connectivity index is 1.20. The molecule has 0 bridgehead atoms. The van der Waals surface area contributed by atoms with E-state index in [0.29, 0.717) is 6.61 Å². The molecule has 3 aromatic carbocycles. The van der Waals surface area contributed by atoms with Crippen molar-refractivity contribution in [2.45, 2.75) is 76.9 Å². The van der Waals surface area contributed by atoms with Crippen LogP contribution < -0.4 is 10.1 Å². The van der Waals surface area contributed by atoms with Crippen molar-refractivity contribution in [3.8, 4) is 5.75 Å². The third-order valence-electron chi connectivity index (χ3n) is 8.41. The minimum Gasteiger partial charge on any atom is -0.486 e. The van der Waals surface area contributed by atoms with Crippen LogP contribution in [0.1, 0.15) is 75.1 Å². The van der Waals surface area contributed by atoms with Crippen molar-refractivity contribution in [2.75, 3.05) is 13.1 Å². The molecule has 1 aliphatic carbocycles. The molecule has 6 rings (SSSR count). The summed E-state index contributed by atoms with van der Waals surface area (Å²) in [4.78, 5) is 5.06. The molecule has 4 nitrogen and oxygen atoms in total. The molecule has 2 fully saturated rings. The van der Waals surface area contributed by atoms with Gasteiger partial charge < -0.3 is 14.6 Å². The lowest BCUT2D eigenvalue weighted by atomic mass is 9.84. The van der Waals surface area contributed by atoms with Gasteiger partial charge in [0.2, 0.25) is 0 Å². The van der Waals surface area contributed by atoms with Crippen LogP contribution >= 0.6 is 0 Å². The fourth-order valence-electron chi connectivity index (χ4n) is 6.35. The minimum absolute atomic E-state index is 0.499. The van der Waals surface area contributed by atoms with Crippen molar-refractivity contribution in [1.82, 2.24) is 14.9 Å². The molecule has 0 amide bonds. The van der Waals surface area contributed by atoms with E-state index in [4.69, 9.17) is 9.72 Å². The highest BCUT2D eigenvalue weighted by atomic mass is 16.5. The highest BCUT2D eigenvalue weighted by Crippen LogP contribution is 2.33. The number of hydrogen-bond acceptors (Lipinski definition) is 3. The second-order valence-electron chi connectivity index (χ2n) is 10.9. The molecule has 1 aromatic heterocycles. The summed E-state index contributed by atoms with van der Waals surface area (Å²) in [6.07, 6.45) is 11.9. The van der Waals surface area contributed by atoms with E-state index in [1.807, 2.05) is 0 Å². The van der Waals surface area contributed by atoms with Gasteiger partial charge in [-0.1, -0.05) is 55.7 Å². The van der Waals surface area contributed by atoms with E-state index in [-0.39, 0.29) is 0 Å². The number of benzene rings is 3. The smallest absolute Gasteiger partial charge is 0.147 e. The Morgan fingerprint density at radius 2 is 1.69 bits per heavy atom. The second-order valence-corrected chi connectivity index (χ2v) is 10.9. The molecular weight excluding hydrogens is 442 g/mol. The van der Waals surface area contributed by atoms with E-state index in [1.54, 1.807) is 0 Å². The molecule has 1 N–H and O–H groups in total. The van der Waals surface area contributed by atoms with Gasteiger partial charge in [-0.3, -0.25) is 0 Å². The summed E-state index contributed by atoms with van der Waals surface area (Å²) in [6.45, 7) is 3.84. The molecule has 0 spiro atoms. The van der Waals surface area contributed by atoms with Gasteiger partial charge in [-0.25, -0.2) is 4.98 Å². The van der Waals surface area contributed by atoms with E-state index in [1.165, 1.54) is 92.7 Å². The first-order valence-corrected chi connectivity index (χ1v) is 14.1. The molecule has 4 heteroatoms. The molecule has 1 saturated carbocycles. The molecule has 1 aliphatic heterocycles. The Morgan fingerprint density at radius 3 is 2.47 bits per heavy atom. The normalized spacial score (nSPS) is 19.2. The minimum atomic E-state index is 0.499. The van der Waals surface area contributed by atoms with Crippen molar-refractivity contribution < 1.29 is 4.74 Å². The zero-order valence-corrected chi connectivity index (χ0v) is 21.4. The average Bonchev–Trinajstić information content (AvgIpc) is 3.28. The maximum Gasteiger partial charge on any atom is 0.147 e. The molecule has 2 heterocycles. The number of fused-ring (bicyclic) bond motifs is 2. The first kappa shape index (κ1) is 23.5. The molecule has 0 radical (unpaired) electrons. The summed E-state index contributed by atoms with van der Waals surface area (Å²) in [5.74, 6) is 3.49. The van der Waals surface area contributed by atoms with Gasteiger partial charge in [-0.15, -0.1) is 0 Å². The van der Waals surface area contributed by atoms with Gasteiger partial charge in [-0.2, -0.15) is 0 Å². The van der Waals surface area contributed by atoms with Gasteiger partial charge in [0, 0.05) is 6.54 Å². The SMILES string of the molecule is c1ccc2cc3c(cc2c1)nc(COc1ccc(C2CCCCC2)cc1)n3CCCC1CCCNC1. The van der Waals surface area contributed by atoms with Crippen molar-refractivity contribution in [3.63, 3.8) is 0 Å². The number of piperidine rings is 1. The van der Waals surface area contributed by atoms with Crippen molar-refractivity contribution in [3.05, 3.63) is 72.1 Å². The third-order valence-corrected chi connectivity index (χ3v) is 8.41. The first-order valence-electron chi connectivity index (χ1n) is 14.1. The first-order chi connectivity index (χ1) is 17.8. The summed E-state index contributed by atoms with van der Waals surface area (Å²) in [6, 6.07) is 22.0. The molecule has 1 atom stereocenters. The standard InChI is InChI=1S/C32H39N3O/c1-2-10-25(11-3-1)26-14-16-29(17-15-26)36-23-32-34-30-20-27-12-4-5-13-28(27)21-31(30)35(32)19-7-9-24-8-6-18-33-22-24/h4-5,12-17,20-21,24-25,33H,1-3,6-11,18-19,22-23H2. The lowest BCUT2D eigenvalue weighted by molar-refractivity contribution is 0.287. The van der Waals surface area contributed by atoms with Crippen LogP contribution in [0.25, 0.3) is 21.8 Å². The van der Waals surface area contributed by atoms with Crippen LogP contribution in [-0.2, 0) is 13.2 Å². The predicted octanol–water partition coefficient (Wildman–Crippen LogP) is 7.60. The average molecular weight is 482 g/mol. The lowest BCUT2D eigenvalue weighted by Crippen LogP contribution is -2.29. The van der Waals surface area contributed by atoms with Crippen LogP contribution in [0.15, 0.2) is 60.7 Å². The van der Waals surface area contributed by atoms with Gasteiger partial charge in [0.1, 0.15) is 18.2 Å². The molecule has 188 valence electrons. The van der Waals surface area contributed by atoms with Crippen LogP contribution in [0.2, 0.25) is 0 Å². The number of imidazole rings is 1. The predicted molar refractivity (Wildman–Crippen MR) is 149 cm³/mol. The monoisotopic (exact) mass is 481 g/mol. The van der Waals surface area contributed by atoms with Crippen molar-refractivity contribution in [1.29, 1.82) is 0 Å². The topological polar surface area (TPSA) is 39.1 Å². The van der Waals surface area contributed by atoms with E-state index in [9.17, 15) is 0 Å². The molecule has 36 heavy (non-hydrogen) atoms. The summed E-state index contributed by atoms with van der Waals surface area (Å²) < 4.78 is 8.72. The summed E-state index contributed by atoms with van der Waals surface area (Å²) in [5.41, 5.74) is 3.76. The second kappa shape index (κ2) is 11.0. The number of ether oxygens (including phenoxy) is 1. The molecular formula is C32H39N3O. The Kier molecular flexibility index (Phi) is 7.22. The third kappa shape index (κ3) is 5.29. The van der Waals surface area contributed by atoms with Gasteiger partial charge in [0.05, 0.1) is 11.0 Å². The summed E-state index contributed by atoms with van der Waals surface area (Å²) in [5, 5.41) is 6.08. The van der Waals surface area contributed by atoms with Gasteiger partial charge in [0.15, 0.2) is 0 Å². The van der Waals surface area contributed by atoms with Gasteiger partial charge in [0.25, 0.3) is 0 Å². The van der Waals surface area contributed by atoms with Crippen LogP contribution in [0.5, 0.6) is 5.75 Å².